The number of rotatable bonds is 10. The topological polar surface area (TPSA) is 85.6 Å². The minimum atomic E-state index is 0.0290. The van der Waals surface area contributed by atoms with Crippen molar-refractivity contribution in [2.75, 3.05) is 0 Å². The van der Waals surface area contributed by atoms with Gasteiger partial charge < -0.3 is 14.1 Å². The molecule has 7 heteroatoms. The summed E-state index contributed by atoms with van der Waals surface area (Å²) in [4.78, 5) is 37.5. The number of hydrogen-bond acceptors (Lipinski definition) is 4. The first kappa shape index (κ1) is 22.7. The van der Waals surface area contributed by atoms with Gasteiger partial charge in [-0.2, -0.15) is 0 Å². The van der Waals surface area contributed by atoms with Crippen molar-refractivity contribution in [1.29, 1.82) is 0 Å². The Balaban J connectivity index is 1.64. The molecule has 0 aliphatic rings. The highest BCUT2D eigenvalue weighted by Gasteiger charge is 2.22. The van der Waals surface area contributed by atoms with E-state index in [2.05, 4.69) is 15.0 Å². The molecule has 3 aromatic heterocycles. The second kappa shape index (κ2) is 9.45. The molecule has 2 atom stereocenters. The molecule has 0 amide bonds. The fourth-order valence-electron chi connectivity index (χ4n) is 3.85. The molecule has 0 spiro atoms. The lowest BCUT2D eigenvalue weighted by atomic mass is 10.0. The van der Waals surface area contributed by atoms with Gasteiger partial charge in [-0.3, -0.25) is 9.59 Å². The normalized spacial score (nSPS) is 13.7. The third-order valence-electron chi connectivity index (χ3n) is 5.72. The maximum Gasteiger partial charge on any atom is 0.198 e. The molecular formula is C24H33N5O2. The van der Waals surface area contributed by atoms with E-state index in [1.54, 1.807) is 12.4 Å². The fraction of sp³-hybridized carbons (Fsp3) is 0.500. The number of nitrogens with zero attached hydrogens (tertiary/aromatic N) is 4. The number of nitrogens with one attached hydrogen (secondary N) is 1. The lowest BCUT2D eigenvalue weighted by Gasteiger charge is -2.14. The minimum absolute atomic E-state index is 0.0290. The molecule has 3 aromatic rings. The van der Waals surface area contributed by atoms with Crippen molar-refractivity contribution in [2.45, 2.75) is 78.3 Å². The molecule has 166 valence electrons. The van der Waals surface area contributed by atoms with Crippen LogP contribution in [0.3, 0.4) is 0 Å². The van der Waals surface area contributed by atoms with E-state index in [9.17, 15) is 9.59 Å². The number of Topliss-reactive ketones (excluding diaryl/α,β-unsaturated/α-hetero) is 2. The van der Waals surface area contributed by atoms with Crippen LogP contribution < -0.4 is 0 Å². The molecule has 1 N–H and O–H groups in total. The van der Waals surface area contributed by atoms with E-state index < -0.39 is 0 Å². The van der Waals surface area contributed by atoms with E-state index in [1.165, 1.54) is 0 Å². The number of aromatic nitrogens is 5. The summed E-state index contributed by atoms with van der Waals surface area (Å²) in [6.07, 6.45) is 7.80. The van der Waals surface area contributed by atoms with Gasteiger partial charge in [0.25, 0.3) is 0 Å². The molecule has 0 bridgehead atoms. The number of H-pyrrole nitrogens is 1. The highest BCUT2D eigenvalue weighted by Crippen LogP contribution is 2.26. The first-order valence-electron chi connectivity index (χ1n) is 11.0. The summed E-state index contributed by atoms with van der Waals surface area (Å²) in [6, 6.07) is 4.41. The van der Waals surface area contributed by atoms with Gasteiger partial charge in [-0.1, -0.05) is 13.8 Å². The Labute approximate surface area is 183 Å². The smallest absolute Gasteiger partial charge is 0.198 e. The molecule has 0 saturated heterocycles. The average molecular weight is 424 g/mol. The maximum absolute atomic E-state index is 12.8. The van der Waals surface area contributed by atoms with E-state index >= 15 is 0 Å². The van der Waals surface area contributed by atoms with E-state index in [-0.39, 0.29) is 35.5 Å². The van der Waals surface area contributed by atoms with Crippen molar-refractivity contribution in [3.8, 4) is 0 Å². The highest BCUT2D eigenvalue weighted by atomic mass is 16.1. The van der Waals surface area contributed by atoms with Crippen LogP contribution in [-0.4, -0.2) is 35.7 Å². The number of carbonyl (C=O) groups is 2. The molecule has 7 nitrogen and oxygen atoms in total. The summed E-state index contributed by atoms with van der Waals surface area (Å²) < 4.78 is 3.81. The van der Waals surface area contributed by atoms with Gasteiger partial charge in [-0.05, 0) is 39.8 Å². The Hall–Kier alpha value is -2.96. The van der Waals surface area contributed by atoms with Gasteiger partial charge in [0.1, 0.15) is 0 Å². The summed E-state index contributed by atoms with van der Waals surface area (Å²) in [5.41, 5.74) is 1.99. The van der Waals surface area contributed by atoms with Gasteiger partial charge in [0, 0.05) is 72.9 Å². The fourth-order valence-corrected chi connectivity index (χ4v) is 3.85. The quantitative estimate of drug-likeness (QED) is 0.447. The monoisotopic (exact) mass is 423 g/mol. The molecule has 0 aromatic carbocycles. The number of carbonyl (C=O) groups excluding carboxylic acids is 2. The number of aromatic amines is 1. The lowest BCUT2D eigenvalue weighted by molar-refractivity contribution is 0.0952. The Bertz CT molecular complexity index is 959. The first-order chi connectivity index (χ1) is 14.7. The minimum Gasteiger partial charge on any atom is -0.362 e. The summed E-state index contributed by atoms with van der Waals surface area (Å²) in [5.74, 6) is 1.14. The first-order valence-corrected chi connectivity index (χ1v) is 11.0. The second-order valence-corrected chi connectivity index (χ2v) is 8.93. The largest absolute Gasteiger partial charge is 0.362 e. The van der Waals surface area contributed by atoms with Crippen LogP contribution in [0, 0.1) is 0 Å². The predicted octanol–water partition coefficient (Wildman–Crippen LogP) is 5.32. The van der Waals surface area contributed by atoms with Gasteiger partial charge in [0.2, 0.25) is 0 Å². The summed E-state index contributed by atoms with van der Waals surface area (Å²) in [5, 5.41) is 0. The van der Waals surface area contributed by atoms with Crippen LogP contribution in [0.15, 0.2) is 36.9 Å². The molecule has 31 heavy (non-hydrogen) atoms. The van der Waals surface area contributed by atoms with Crippen LogP contribution >= 0.6 is 0 Å². The molecule has 0 aliphatic carbocycles. The van der Waals surface area contributed by atoms with Crippen LogP contribution in [0.4, 0.5) is 0 Å². The molecule has 3 rings (SSSR count). The molecule has 0 unspecified atom stereocenters. The van der Waals surface area contributed by atoms with Gasteiger partial charge in [0.15, 0.2) is 23.2 Å². The van der Waals surface area contributed by atoms with Crippen molar-refractivity contribution in [3.63, 3.8) is 0 Å². The molecule has 0 aliphatic heterocycles. The van der Waals surface area contributed by atoms with Crippen molar-refractivity contribution in [1.82, 2.24) is 24.1 Å². The second-order valence-electron chi connectivity index (χ2n) is 8.93. The van der Waals surface area contributed by atoms with Gasteiger partial charge in [-0.15, -0.1) is 0 Å². The number of imidazole rings is 2. The molecule has 0 radical (unpaired) electrons. The van der Waals surface area contributed by atoms with Gasteiger partial charge >= 0.3 is 0 Å². The zero-order valence-corrected chi connectivity index (χ0v) is 19.3. The molecular weight excluding hydrogens is 390 g/mol. The Kier molecular flexibility index (Phi) is 6.93. The van der Waals surface area contributed by atoms with Crippen molar-refractivity contribution in [3.05, 3.63) is 60.0 Å². The van der Waals surface area contributed by atoms with Crippen LogP contribution in [0.1, 0.15) is 111 Å². The van der Waals surface area contributed by atoms with Gasteiger partial charge in [0.05, 0.1) is 0 Å². The van der Waals surface area contributed by atoms with Crippen LogP contribution in [0.5, 0.6) is 0 Å². The number of hydrogen-bond donors (Lipinski definition) is 1. The number of ketones is 2. The third-order valence-corrected chi connectivity index (χ3v) is 5.72. The van der Waals surface area contributed by atoms with E-state index in [1.807, 2.05) is 75.2 Å². The summed E-state index contributed by atoms with van der Waals surface area (Å²) in [6.45, 7) is 12.2. The van der Waals surface area contributed by atoms with Crippen molar-refractivity contribution in [2.24, 2.45) is 0 Å². The SMILES string of the molecule is CC(C)n1ccnc1C(=O)C[C@@H](C)c1ccc([C@H](C)CC(=O)c2nccn2C(C)C)[nH]1. The van der Waals surface area contributed by atoms with Crippen LogP contribution in [0.25, 0.3) is 0 Å². The summed E-state index contributed by atoms with van der Waals surface area (Å²) >= 11 is 0. The third kappa shape index (κ3) is 5.03. The lowest BCUT2D eigenvalue weighted by Crippen LogP contribution is -2.14. The molecule has 0 fully saturated rings. The average Bonchev–Trinajstić information content (AvgIpc) is 3.47. The van der Waals surface area contributed by atoms with Crippen molar-refractivity contribution < 1.29 is 9.59 Å². The van der Waals surface area contributed by atoms with Crippen molar-refractivity contribution >= 4 is 11.6 Å². The molecule has 0 saturated carbocycles. The van der Waals surface area contributed by atoms with E-state index in [0.717, 1.165) is 11.4 Å². The standard InChI is InChI=1S/C24H33N5O2/c1-15(2)28-11-9-25-23(28)21(30)13-17(5)19-7-8-20(27-19)18(6)14-22(31)24-26-10-12-29(24)16(3)4/h7-12,15-18,27H,13-14H2,1-6H3/t17-,18-/m1/s1. The van der Waals surface area contributed by atoms with Gasteiger partial charge in [-0.25, -0.2) is 9.97 Å². The van der Waals surface area contributed by atoms with E-state index in [0.29, 0.717) is 24.5 Å². The zero-order valence-electron chi connectivity index (χ0n) is 19.3. The Morgan fingerprint density at radius 3 is 1.52 bits per heavy atom. The molecule has 3 heterocycles. The predicted molar refractivity (Wildman–Crippen MR) is 121 cm³/mol. The Morgan fingerprint density at radius 2 is 1.16 bits per heavy atom. The summed E-state index contributed by atoms with van der Waals surface area (Å²) in [7, 11) is 0. The highest BCUT2D eigenvalue weighted by molar-refractivity contribution is 5.93. The van der Waals surface area contributed by atoms with E-state index in [4.69, 9.17) is 0 Å². The van der Waals surface area contributed by atoms with Crippen LogP contribution in [0.2, 0.25) is 0 Å². The van der Waals surface area contributed by atoms with Crippen LogP contribution in [-0.2, 0) is 0 Å². The Morgan fingerprint density at radius 1 is 0.774 bits per heavy atom. The maximum atomic E-state index is 12.8. The zero-order chi connectivity index (χ0) is 22.7.